The number of unbranched alkanes of at least 4 members (excludes halogenated alkanes) is 1. The third-order valence-electron chi connectivity index (χ3n) is 5.25. The first-order valence-corrected chi connectivity index (χ1v) is 12.9. The second kappa shape index (κ2) is 12.8. The van der Waals surface area contributed by atoms with Gasteiger partial charge in [-0.1, -0.05) is 62.6 Å². The van der Waals surface area contributed by atoms with E-state index in [9.17, 15) is 19.5 Å². The summed E-state index contributed by atoms with van der Waals surface area (Å²) in [5.41, 5.74) is -0.531. The zero-order valence-corrected chi connectivity index (χ0v) is 20.1. The summed E-state index contributed by atoms with van der Waals surface area (Å²) in [5.74, 6) is -1.36. The van der Waals surface area contributed by atoms with Crippen LogP contribution >= 0.6 is 21.6 Å². The van der Waals surface area contributed by atoms with Crippen molar-refractivity contribution in [2.45, 2.75) is 72.0 Å². The van der Waals surface area contributed by atoms with E-state index in [0.717, 1.165) is 18.1 Å². The van der Waals surface area contributed by atoms with Crippen molar-refractivity contribution >= 4 is 39.2 Å². The number of carbonyl (C=O) groups excluding carboxylic acids is 2. The molecule has 168 valence electrons. The third kappa shape index (κ3) is 9.75. The van der Waals surface area contributed by atoms with E-state index >= 15 is 0 Å². The Balaban J connectivity index is 2.32. The van der Waals surface area contributed by atoms with Crippen LogP contribution in [0.25, 0.3) is 0 Å². The van der Waals surface area contributed by atoms with Gasteiger partial charge in [-0.25, -0.2) is 0 Å². The topological polar surface area (TPSA) is 95.5 Å². The predicted octanol–water partition coefficient (Wildman–Crippen LogP) is 3.95. The largest absolute Gasteiger partial charge is 0.481 e. The molecule has 0 bridgehead atoms. The zero-order valence-electron chi connectivity index (χ0n) is 18.5. The molecule has 1 amide bonds. The number of rotatable bonds is 13. The zero-order chi connectivity index (χ0) is 22.0. The predicted molar refractivity (Wildman–Crippen MR) is 122 cm³/mol. The van der Waals surface area contributed by atoms with Gasteiger partial charge in [0.2, 0.25) is 5.91 Å². The molecule has 1 saturated heterocycles. The van der Waals surface area contributed by atoms with Crippen molar-refractivity contribution < 1.29 is 19.5 Å². The van der Waals surface area contributed by atoms with Crippen LogP contribution in [0.4, 0.5) is 0 Å². The number of amides is 1. The van der Waals surface area contributed by atoms with Gasteiger partial charge in [-0.15, -0.1) is 0 Å². The van der Waals surface area contributed by atoms with Crippen molar-refractivity contribution in [2.75, 3.05) is 19.0 Å². The minimum atomic E-state index is -0.955. The Morgan fingerprint density at radius 3 is 2.38 bits per heavy atom. The van der Waals surface area contributed by atoms with Gasteiger partial charge >= 0.3 is 5.97 Å². The Morgan fingerprint density at radius 1 is 1.17 bits per heavy atom. The Bertz CT molecular complexity index is 543. The standard InChI is InChI=1S/C21H38N2O4S2/c1-14(2)17(18(20(26)27)21(3,4)5)19(25)23-13-22-12-15(24)8-6-7-9-16-10-11-28-29-16/h14,16-18,22H,6-13H2,1-5H3,(H,23,25)(H,26,27). The Kier molecular flexibility index (Phi) is 11.7. The van der Waals surface area contributed by atoms with Gasteiger partial charge in [-0.05, 0) is 30.6 Å². The third-order valence-corrected chi connectivity index (χ3v) is 8.25. The summed E-state index contributed by atoms with van der Waals surface area (Å²) in [6, 6.07) is 0. The molecule has 1 fully saturated rings. The van der Waals surface area contributed by atoms with Gasteiger partial charge in [0.15, 0.2) is 0 Å². The second-order valence-corrected chi connectivity index (χ2v) is 12.0. The van der Waals surface area contributed by atoms with E-state index in [1.165, 1.54) is 18.6 Å². The highest BCUT2D eigenvalue weighted by Gasteiger charge is 2.43. The van der Waals surface area contributed by atoms with Crippen molar-refractivity contribution in [3.05, 3.63) is 0 Å². The summed E-state index contributed by atoms with van der Waals surface area (Å²) < 4.78 is 0. The fraction of sp³-hybridized carbons (Fsp3) is 0.857. The van der Waals surface area contributed by atoms with Crippen LogP contribution in [0.2, 0.25) is 0 Å². The van der Waals surface area contributed by atoms with E-state index in [2.05, 4.69) is 10.6 Å². The minimum Gasteiger partial charge on any atom is -0.481 e. The maximum absolute atomic E-state index is 12.7. The van der Waals surface area contributed by atoms with Crippen molar-refractivity contribution in [3.63, 3.8) is 0 Å². The van der Waals surface area contributed by atoms with E-state index in [-0.39, 0.29) is 30.8 Å². The number of carboxylic acids is 1. The second-order valence-electron chi connectivity index (χ2n) is 9.21. The molecule has 1 aliphatic rings. The summed E-state index contributed by atoms with van der Waals surface area (Å²) >= 11 is 0. The van der Waals surface area contributed by atoms with E-state index in [0.29, 0.717) is 6.42 Å². The van der Waals surface area contributed by atoms with Gasteiger partial charge in [-0.2, -0.15) is 0 Å². The summed E-state index contributed by atoms with van der Waals surface area (Å²) in [7, 11) is 3.92. The van der Waals surface area contributed by atoms with Crippen LogP contribution in [0.15, 0.2) is 0 Å². The quantitative estimate of drug-likeness (QED) is 0.224. The van der Waals surface area contributed by atoms with E-state index in [1.54, 1.807) is 0 Å². The van der Waals surface area contributed by atoms with Gasteiger partial charge < -0.3 is 10.4 Å². The van der Waals surface area contributed by atoms with Gasteiger partial charge in [0.25, 0.3) is 0 Å². The first kappa shape index (κ1) is 26.3. The molecule has 1 aliphatic heterocycles. The van der Waals surface area contributed by atoms with Crippen molar-refractivity contribution in [2.24, 2.45) is 23.2 Å². The molecule has 0 spiro atoms. The van der Waals surface area contributed by atoms with Gasteiger partial charge in [-0.3, -0.25) is 19.7 Å². The van der Waals surface area contributed by atoms with Gasteiger partial charge in [0.05, 0.1) is 25.0 Å². The molecule has 1 heterocycles. The number of ketones is 1. The smallest absolute Gasteiger partial charge is 0.307 e. The maximum Gasteiger partial charge on any atom is 0.307 e. The normalized spacial score (nSPS) is 19.2. The fourth-order valence-electron chi connectivity index (χ4n) is 3.72. The van der Waals surface area contributed by atoms with E-state index in [4.69, 9.17) is 0 Å². The number of Topliss-reactive ketones (excluding diaryl/α,β-unsaturated/α-hetero) is 1. The lowest BCUT2D eigenvalue weighted by atomic mass is 9.69. The number of carbonyl (C=O) groups is 3. The van der Waals surface area contributed by atoms with Crippen LogP contribution in [0.3, 0.4) is 0 Å². The lowest BCUT2D eigenvalue weighted by molar-refractivity contribution is -0.153. The van der Waals surface area contributed by atoms with Crippen LogP contribution in [-0.2, 0) is 14.4 Å². The highest BCUT2D eigenvalue weighted by molar-refractivity contribution is 8.77. The number of hydrogen-bond acceptors (Lipinski definition) is 6. The first-order valence-electron chi connectivity index (χ1n) is 10.5. The fourth-order valence-corrected chi connectivity index (χ4v) is 6.75. The van der Waals surface area contributed by atoms with E-state index < -0.39 is 23.2 Å². The molecular formula is C21H38N2O4S2. The molecule has 1 rings (SSSR count). The molecular weight excluding hydrogens is 408 g/mol. The number of aliphatic carboxylic acids is 1. The molecule has 3 unspecified atom stereocenters. The molecule has 0 saturated carbocycles. The Labute approximate surface area is 183 Å². The van der Waals surface area contributed by atoms with Crippen LogP contribution in [0.5, 0.6) is 0 Å². The molecule has 0 aliphatic carbocycles. The molecule has 8 heteroatoms. The monoisotopic (exact) mass is 446 g/mol. The molecule has 3 N–H and O–H groups in total. The number of carboxylic acid groups (broad SMARTS) is 1. The minimum absolute atomic E-state index is 0.103. The van der Waals surface area contributed by atoms with Crippen molar-refractivity contribution in [1.82, 2.24) is 10.6 Å². The highest BCUT2D eigenvalue weighted by atomic mass is 33.1. The maximum atomic E-state index is 12.7. The van der Waals surface area contributed by atoms with Crippen LogP contribution in [-0.4, -0.2) is 47.0 Å². The molecule has 6 nitrogen and oxygen atoms in total. The summed E-state index contributed by atoms with van der Waals surface area (Å²) in [6.07, 6.45) is 5.02. The van der Waals surface area contributed by atoms with Crippen LogP contribution < -0.4 is 10.6 Å². The molecule has 29 heavy (non-hydrogen) atoms. The Hall–Kier alpha value is -0.730. The summed E-state index contributed by atoms with van der Waals surface area (Å²) in [5, 5.41) is 16.1. The number of hydrogen-bond donors (Lipinski definition) is 3. The van der Waals surface area contributed by atoms with Gasteiger partial charge in [0, 0.05) is 17.4 Å². The van der Waals surface area contributed by atoms with E-state index in [1.807, 2.05) is 56.2 Å². The lowest BCUT2D eigenvalue weighted by Gasteiger charge is -2.35. The molecule has 0 aromatic carbocycles. The van der Waals surface area contributed by atoms with Gasteiger partial charge in [0.1, 0.15) is 5.78 Å². The highest BCUT2D eigenvalue weighted by Crippen LogP contribution is 2.40. The molecule has 0 aromatic rings. The average molecular weight is 447 g/mol. The Morgan fingerprint density at radius 2 is 1.86 bits per heavy atom. The number of nitrogens with one attached hydrogen (secondary N) is 2. The summed E-state index contributed by atoms with van der Waals surface area (Å²) in [4.78, 5) is 36.4. The van der Waals surface area contributed by atoms with Crippen LogP contribution in [0.1, 0.15) is 66.7 Å². The lowest BCUT2D eigenvalue weighted by Crippen LogP contribution is -2.48. The molecule has 0 radical (unpaired) electrons. The molecule has 0 aromatic heterocycles. The van der Waals surface area contributed by atoms with Crippen molar-refractivity contribution in [3.8, 4) is 0 Å². The summed E-state index contributed by atoms with van der Waals surface area (Å²) in [6.45, 7) is 9.65. The van der Waals surface area contributed by atoms with Crippen molar-refractivity contribution in [1.29, 1.82) is 0 Å². The van der Waals surface area contributed by atoms with Crippen LogP contribution in [0, 0.1) is 23.2 Å². The first-order chi connectivity index (χ1) is 13.5. The SMILES string of the molecule is CC(C)C(C(=O)NCNCC(=O)CCCCC1CCSS1)C(C(=O)O)C(C)(C)C. The molecule has 3 atom stereocenters. The average Bonchev–Trinajstić information content (AvgIpc) is 3.11.